The number of aryl methyl sites for hydroxylation is 3. The van der Waals surface area contributed by atoms with Gasteiger partial charge >= 0.3 is 0 Å². The summed E-state index contributed by atoms with van der Waals surface area (Å²) >= 11 is 1.58. The van der Waals surface area contributed by atoms with Crippen molar-refractivity contribution in [3.05, 3.63) is 87.0 Å². The van der Waals surface area contributed by atoms with Gasteiger partial charge in [-0.3, -0.25) is 4.79 Å². The van der Waals surface area contributed by atoms with Gasteiger partial charge in [0, 0.05) is 28.2 Å². The number of aromatic nitrogens is 3. The lowest BCUT2D eigenvalue weighted by molar-refractivity contribution is -0.120. The van der Waals surface area contributed by atoms with Crippen LogP contribution in [0.2, 0.25) is 0 Å². The van der Waals surface area contributed by atoms with Crippen molar-refractivity contribution in [2.45, 2.75) is 40.7 Å². The van der Waals surface area contributed by atoms with Crippen LogP contribution in [0.1, 0.15) is 32.4 Å². The molecule has 0 spiro atoms. The van der Waals surface area contributed by atoms with Crippen LogP contribution in [0.15, 0.2) is 54.6 Å². The van der Waals surface area contributed by atoms with E-state index in [1.54, 1.807) is 11.3 Å². The number of hydrogen-bond acceptors (Lipinski definition) is 4. The number of nitrogens with zero attached hydrogens (tertiary/aromatic N) is 3. The third-order valence-corrected chi connectivity index (χ3v) is 6.33. The predicted octanol–water partition coefficient (Wildman–Crippen LogP) is 5.09. The Bertz CT molecular complexity index is 1210. The Hall–Kier alpha value is -3.25. The van der Waals surface area contributed by atoms with Gasteiger partial charge in [0.1, 0.15) is 0 Å². The first-order chi connectivity index (χ1) is 14.9. The summed E-state index contributed by atoms with van der Waals surface area (Å²) in [6, 6.07) is 18.3. The van der Waals surface area contributed by atoms with Gasteiger partial charge in [-0.2, -0.15) is 5.10 Å². The molecule has 6 heteroatoms. The summed E-state index contributed by atoms with van der Waals surface area (Å²) in [5.41, 5.74) is 7.20. The smallest absolute Gasteiger partial charge is 0.225 e. The average Bonchev–Trinajstić information content (AvgIpc) is 3.26. The fourth-order valence-corrected chi connectivity index (χ4v) is 4.63. The molecule has 0 bridgehead atoms. The fraction of sp³-hybridized carbons (Fsp3) is 0.240. The molecule has 0 saturated carbocycles. The van der Waals surface area contributed by atoms with E-state index in [2.05, 4.69) is 46.6 Å². The van der Waals surface area contributed by atoms with E-state index in [4.69, 9.17) is 0 Å². The Morgan fingerprint density at radius 2 is 1.71 bits per heavy atom. The monoisotopic (exact) mass is 430 g/mol. The van der Waals surface area contributed by atoms with E-state index in [1.165, 1.54) is 5.56 Å². The largest absolute Gasteiger partial charge is 0.352 e. The molecule has 158 valence electrons. The van der Waals surface area contributed by atoms with Gasteiger partial charge in [0.2, 0.25) is 5.91 Å². The van der Waals surface area contributed by atoms with Crippen molar-refractivity contribution in [3.8, 4) is 16.9 Å². The summed E-state index contributed by atoms with van der Waals surface area (Å²) in [5, 5.41) is 8.71. The van der Waals surface area contributed by atoms with Gasteiger partial charge < -0.3 is 5.32 Å². The lowest BCUT2D eigenvalue weighted by Gasteiger charge is -2.08. The molecule has 4 aromatic rings. The number of carbonyl (C=O) groups is 1. The van der Waals surface area contributed by atoms with Crippen LogP contribution in [0, 0.1) is 27.7 Å². The highest BCUT2D eigenvalue weighted by molar-refractivity contribution is 7.12. The minimum Gasteiger partial charge on any atom is -0.352 e. The van der Waals surface area contributed by atoms with Gasteiger partial charge in [0.05, 0.1) is 28.5 Å². The van der Waals surface area contributed by atoms with Crippen LogP contribution >= 0.6 is 11.3 Å². The number of carbonyl (C=O) groups excluding carboxylic acids is 1. The zero-order chi connectivity index (χ0) is 22.0. The summed E-state index contributed by atoms with van der Waals surface area (Å²) in [5.74, 6) is -0.0109. The minimum absolute atomic E-state index is 0.0109. The Balaban J connectivity index is 1.48. The highest BCUT2D eigenvalue weighted by Crippen LogP contribution is 2.29. The topological polar surface area (TPSA) is 59.8 Å². The van der Waals surface area contributed by atoms with Gasteiger partial charge in [-0.05, 0) is 39.8 Å². The Morgan fingerprint density at radius 1 is 1.00 bits per heavy atom. The normalized spacial score (nSPS) is 11.0. The summed E-state index contributed by atoms with van der Waals surface area (Å²) in [7, 11) is 0. The van der Waals surface area contributed by atoms with Crippen molar-refractivity contribution in [1.82, 2.24) is 20.1 Å². The average molecular weight is 431 g/mol. The van der Waals surface area contributed by atoms with Crippen molar-refractivity contribution in [1.29, 1.82) is 0 Å². The maximum absolute atomic E-state index is 12.8. The first-order valence-electron chi connectivity index (χ1n) is 10.3. The van der Waals surface area contributed by atoms with Crippen LogP contribution in [-0.4, -0.2) is 20.7 Å². The molecule has 0 unspecified atom stereocenters. The molecule has 2 aromatic heterocycles. The van der Waals surface area contributed by atoms with Crippen molar-refractivity contribution < 1.29 is 4.79 Å². The molecule has 0 atom stereocenters. The van der Waals surface area contributed by atoms with E-state index < -0.39 is 0 Å². The molecular weight excluding hydrogens is 404 g/mol. The van der Waals surface area contributed by atoms with E-state index in [9.17, 15) is 4.79 Å². The Kier molecular flexibility index (Phi) is 6.00. The molecule has 0 radical (unpaired) electrons. The third-order valence-electron chi connectivity index (χ3n) is 5.35. The number of benzene rings is 2. The lowest BCUT2D eigenvalue weighted by Crippen LogP contribution is -2.25. The lowest BCUT2D eigenvalue weighted by atomic mass is 10.1. The van der Waals surface area contributed by atoms with E-state index in [0.29, 0.717) is 13.0 Å². The van der Waals surface area contributed by atoms with Crippen LogP contribution in [0.25, 0.3) is 16.9 Å². The maximum Gasteiger partial charge on any atom is 0.225 e. The van der Waals surface area contributed by atoms with Crippen molar-refractivity contribution in [2.75, 3.05) is 0 Å². The summed E-state index contributed by atoms with van der Waals surface area (Å²) < 4.78 is 1.93. The van der Waals surface area contributed by atoms with E-state index in [1.807, 2.05) is 55.8 Å². The Morgan fingerprint density at radius 3 is 2.42 bits per heavy atom. The number of rotatable bonds is 6. The number of nitrogens with one attached hydrogen (secondary N) is 1. The fourth-order valence-electron chi connectivity index (χ4n) is 3.67. The predicted molar refractivity (Wildman–Crippen MR) is 126 cm³/mol. The minimum atomic E-state index is -0.0109. The zero-order valence-electron chi connectivity index (χ0n) is 18.3. The van der Waals surface area contributed by atoms with Gasteiger partial charge in [-0.1, -0.05) is 48.0 Å². The standard InChI is InChI=1S/C25H26N4OS/c1-16-10-12-20(13-11-16)25-23(31-19(4)27-25)14-24(30)26-15-22-17(2)28-29(18(22)3)21-8-6-5-7-9-21/h5-13H,14-15H2,1-4H3,(H,26,30). The van der Waals surface area contributed by atoms with Crippen LogP contribution < -0.4 is 5.32 Å². The van der Waals surface area contributed by atoms with Crippen LogP contribution in [0.4, 0.5) is 0 Å². The number of para-hydroxylation sites is 1. The molecule has 0 aliphatic rings. The van der Waals surface area contributed by atoms with Crippen molar-refractivity contribution >= 4 is 17.2 Å². The van der Waals surface area contributed by atoms with Crippen molar-refractivity contribution in [3.63, 3.8) is 0 Å². The maximum atomic E-state index is 12.8. The molecule has 2 aromatic carbocycles. The molecule has 5 nitrogen and oxygen atoms in total. The molecule has 31 heavy (non-hydrogen) atoms. The second-order valence-corrected chi connectivity index (χ2v) is 9.01. The molecule has 0 aliphatic heterocycles. The van der Waals surface area contributed by atoms with Crippen LogP contribution in [0.3, 0.4) is 0 Å². The molecule has 0 fully saturated rings. The summed E-state index contributed by atoms with van der Waals surface area (Å²) in [6.07, 6.45) is 0.319. The van der Waals surface area contributed by atoms with E-state index in [-0.39, 0.29) is 5.91 Å². The quantitative estimate of drug-likeness (QED) is 0.464. The number of amides is 1. The highest BCUT2D eigenvalue weighted by Gasteiger charge is 2.17. The van der Waals surface area contributed by atoms with Gasteiger partial charge in [0.15, 0.2) is 0 Å². The van der Waals surface area contributed by atoms with E-state index in [0.717, 1.165) is 43.8 Å². The molecule has 4 rings (SSSR count). The van der Waals surface area contributed by atoms with Gasteiger partial charge in [0.25, 0.3) is 0 Å². The second kappa shape index (κ2) is 8.86. The molecule has 2 heterocycles. The molecule has 1 amide bonds. The van der Waals surface area contributed by atoms with Gasteiger partial charge in [-0.15, -0.1) is 11.3 Å². The second-order valence-electron chi connectivity index (χ2n) is 7.72. The van der Waals surface area contributed by atoms with Crippen LogP contribution in [-0.2, 0) is 17.8 Å². The summed E-state index contributed by atoms with van der Waals surface area (Å²) in [6.45, 7) is 8.52. The van der Waals surface area contributed by atoms with Gasteiger partial charge in [-0.25, -0.2) is 9.67 Å². The third kappa shape index (κ3) is 4.59. The first-order valence-corrected chi connectivity index (χ1v) is 11.1. The number of hydrogen-bond donors (Lipinski definition) is 1. The molecular formula is C25H26N4OS. The summed E-state index contributed by atoms with van der Waals surface area (Å²) in [4.78, 5) is 18.4. The van der Waals surface area contributed by atoms with Crippen LogP contribution in [0.5, 0.6) is 0 Å². The van der Waals surface area contributed by atoms with Crippen molar-refractivity contribution in [2.24, 2.45) is 0 Å². The molecule has 0 aliphatic carbocycles. The Labute approximate surface area is 186 Å². The molecule has 1 N–H and O–H groups in total. The number of thiazole rings is 1. The molecule has 0 saturated heterocycles. The van der Waals surface area contributed by atoms with E-state index >= 15 is 0 Å². The first kappa shape index (κ1) is 21.0. The zero-order valence-corrected chi connectivity index (χ0v) is 19.1. The highest BCUT2D eigenvalue weighted by atomic mass is 32.1. The SMILES string of the molecule is Cc1ccc(-c2nc(C)sc2CC(=O)NCc2c(C)nn(-c3ccccc3)c2C)cc1.